The Labute approximate surface area is 107 Å². The van der Waals surface area contributed by atoms with Crippen molar-refractivity contribution in [2.24, 2.45) is 0 Å². The Kier molecular flexibility index (Phi) is 4.97. The zero-order valence-electron chi connectivity index (χ0n) is 10.3. The number of carbonyl (C=O) groups excluding carboxylic acids is 1. The smallest absolute Gasteiger partial charge is 0.251 e. The summed E-state index contributed by atoms with van der Waals surface area (Å²) in [7, 11) is 0. The number of halogens is 1. The van der Waals surface area contributed by atoms with Crippen LogP contribution in [0.2, 0.25) is 5.02 Å². The SMILES string of the molecule is Cc1c(Cl)cccc1C(=O)NC(C)CC(C)O. The molecule has 0 saturated carbocycles. The van der Waals surface area contributed by atoms with Gasteiger partial charge in [0.25, 0.3) is 5.91 Å². The number of nitrogens with one attached hydrogen (secondary N) is 1. The van der Waals surface area contributed by atoms with E-state index in [2.05, 4.69) is 5.32 Å². The standard InChI is InChI=1S/C13H18ClNO2/c1-8(7-9(2)16)15-13(17)11-5-4-6-12(14)10(11)3/h4-6,8-9,16H,7H2,1-3H3,(H,15,17). The number of carbonyl (C=O) groups is 1. The normalized spacial score (nSPS) is 14.2. The van der Waals surface area contributed by atoms with E-state index in [0.29, 0.717) is 17.0 Å². The second-order valence-electron chi connectivity index (χ2n) is 4.37. The Bertz CT molecular complexity index is 404. The fourth-order valence-electron chi connectivity index (χ4n) is 1.73. The first-order chi connectivity index (χ1) is 7.91. The minimum absolute atomic E-state index is 0.0686. The number of benzene rings is 1. The minimum atomic E-state index is -0.425. The summed E-state index contributed by atoms with van der Waals surface area (Å²) in [6, 6.07) is 5.18. The third-order valence-electron chi connectivity index (χ3n) is 2.58. The van der Waals surface area contributed by atoms with E-state index in [1.807, 2.05) is 13.8 Å². The molecular weight excluding hydrogens is 238 g/mol. The van der Waals surface area contributed by atoms with E-state index >= 15 is 0 Å². The molecule has 0 saturated heterocycles. The third-order valence-corrected chi connectivity index (χ3v) is 2.99. The molecule has 0 radical (unpaired) electrons. The first-order valence-electron chi connectivity index (χ1n) is 5.66. The summed E-state index contributed by atoms with van der Waals surface area (Å²) in [6.07, 6.45) is 0.108. The molecule has 0 heterocycles. The molecule has 1 amide bonds. The molecular formula is C13H18ClNO2. The fourth-order valence-corrected chi connectivity index (χ4v) is 1.90. The molecule has 0 aliphatic carbocycles. The number of rotatable bonds is 4. The monoisotopic (exact) mass is 255 g/mol. The van der Waals surface area contributed by atoms with E-state index < -0.39 is 6.10 Å². The molecule has 2 N–H and O–H groups in total. The van der Waals surface area contributed by atoms with Crippen LogP contribution >= 0.6 is 11.6 Å². The van der Waals surface area contributed by atoms with Gasteiger partial charge in [0.2, 0.25) is 0 Å². The van der Waals surface area contributed by atoms with E-state index in [-0.39, 0.29) is 11.9 Å². The molecule has 2 atom stereocenters. The highest BCUT2D eigenvalue weighted by Crippen LogP contribution is 2.18. The van der Waals surface area contributed by atoms with Gasteiger partial charge in [-0.2, -0.15) is 0 Å². The molecule has 0 aliphatic heterocycles. The van der Waals surface area contributed by atoms with Gasteiger partial charge in [-0.05, 0) is 44.9 Å². The summed E-state index contributed by atoms with van der Waals surface area (Å²) in [5.74, 6) is -0.154. The van der Waals surface area contributed by atoms with Crippen molar-refractivity contribution in [3.63, 3.8) is 0 Å². The van der Waals surface area contributed by atoms with Gasteiger partial charge in [-0.25, -0.2) is 0 Å². The van der Waals surface area contributed by atoms with Crippen LogP contribution in [0, 0.1) is 6.92 Å². The zero-order valence-corrected chi connectivity index (χ0v) is 11.1. The Hall–Kier alpha value is -1.06. The number of aliphatic hydroxyl groups excluding tert-OH is 1. The maximum Gasteiger partial charge on any atom is 0.251 e. The van der Waals surface area contributed by atoms with Crippen LogP contribution in [0.15, 0.2) is 18.2 Å². The molecule has 0 fully saturated rings. The van der Waals surface area contributed by atoms with Crippen LogP contribution in [-0.2, 0) is 0 Å². The molecule has 0 bridgehead atoms. The maximum atomic E-state index is 12.0. The van der Waals surface area contributed by atoms with E-state index in [1.165, 1.54) is 0 Å². The van der Waals surface area contributed by atoms with Crippen molar-refractivity contribution in [1.29, 1.82) is 0 Å². The number of aliphatic hydroxyl groups is 1. The topological polar surface area (TPSA) is 49.3 Å². The van der Waals surface area contributed by atoms with Crippen LogP contribution in [0.3, 0.4) is 0 Å². The van der Waals surface area contributed by atoms with Gasteiger partial charge in [0, 0.05) is 16.6 Å². The summed E-state index contributed by atoms with van der Waals surface area (Å²) in [5.41, 5.74) is 1.35. The maximum absolute atomic E-state index is 12.0. The van der Waals surface area contributed by atoms with E-state index in [9.17, 15) is 9.90 Å². The van der Waals surface area contributed by atoms with E-state index in [0.717, 1.165) is 5.56 Å². The lowest BCUT2D eigenvalue weighted by molar-refractivity contribution is 0.0922. The molecule has 1 aromatic rings. The van der Waals surface area contributed by atoms with E-state index in [1.54, 1.807) is 25.1 Å². The van der Waals surface area contributed by atoms with Gasteiger partial charge in [0.15, 0.2) is 0 Å². The molecule has 0 aliphatic rings. The molecule has 94 valence electrons. The Morgan fingerprint density at radius 2 is 2.12 bits per heavy atom. The second kappa shape index (κ2) is 6.03. The fraction of sp³-hybridized carbons (Fsp3) is 0.462. The number of hydrogen-bond acceptors (Lipinski definition) is 2. The van der Waals surface area contributed by atoms with Crippen molar-refractivity contribution in [1.82, 2.24) is 5.32 Å². The lowest BCUT2D eigenvalue weighted by atomic mass is 10.1. The van der Waals surface area contributed by atoms with Gasteiger partial charge < -0.3 is 10.4 Å². The van der Waals surface area contributed by atoms with Gasteiger partial charge >= 0.3 is 0 Å². The minimum Gasteiger partial charge on any atom is -0.393 e. The second-order valence-corrected chi connectivity index (χ2v) is 4.78. The summed E-state index contributed by atoms with van der Waals surface area (Å²) in [6.45, 7) is 5.38. The number of hydrogen-bond donors (Lipinski definition) is 2. The first-order valence-corrected chi connectivity index (χ1v) is 6.03. The van der Waals surface area contributed by atoms with Crippen molar-refractivity contribution in [3.05, 3.63) is 34.3 Å². The Balaban J connectivity index is 2.73. The molecule has 4 heteroatoms. The molecule has 2 unspecified atom stereocenters. The molecule has 0 spiro atoms. The first kappa shape index (κ1) is 14.0. The average Bonchev–Trinajstić information content (AvgIpc) is 2.20. The van der Waals surface area contributed by atoms with Crippen LogP contribution in [0.4, 0.5) is 0 Å². The van der Waals surface area contributed by atoms with Crippen molar-refractivity contribution in [3.8, 4) is 0 Å². The van der Waals surface area contributed by atoms with Crippen molar-refractivity contribution >= 4 is 17.5 Å². The van der Waals surface area contributed by atoms with Crippen LogP contribution < -0.4 is 5.32 Å². The highest BCUT2D eigenvalue weighted by molar-refractivity contribution is 6.31. The summed E-state index contributed by atoms with van der Waals surface area (Å²) in [4.78, 5) is 12.0. The largest absolute Gasteiger partial charge is 0.393 e. The average molecular weight is 256 g/mol. The molecule has 1 rings (SSSR count). The van der Waals surface area contributed by atoms with Gasteiger partial charge in [-0.15, -0.1) is 0 Å². The molecule has 1 aromatic carbocycles. The van der Waals surface area contributed by atoms with Crippen LogP contribution in [0.1, 0.15) is 36.2 Å². The van der Waals surface area contributed by atoms with Gasteiger partial charge in [0.1, 0.15) is 0 Å². The van der Waals surface area contributed by atoms with Crippen LogP contribution in [0.5, 0.6) is 0 Å². The highest BCUT2D eigenvalue weighted by Gasteiger charge is 2.14. The Morgan fingerprint density at radius 3 is 2.71 bits per heavy atom. The Morgan fingerprint density at radius 1 is 1.47 bits per heavy atom. The van der Waals surface area contributed by atoms with E-state index in [4.69, 9.17) is 11.6 Å². The summed E-state index contributed by atoms with van der Waals surface area (Å²) >= 11 is 5.96. The zero-order chi connectivity index (χ0) is 13.0. The third kappa shape index (κ3) is 4.02. The highest BCUT2D eigenvalue weighted by atomic mass is 35.5. The summed E-state index contributed by atoms with van der Waals surface area (Å²) < 4.78 is 0. The lowest BCUT2D eigenvalue weighted by Crippen LogP contribution is -2.35. The quantitative estimate of drug-likeness (QED) is 0.869. The molecule has 0 aromatic heterocycles. The van der Waals surface area contributed by atoms with Crippen molar-refractivity contribution in [2.75, 3.05) is 0 Å². The molecule has 17 heavy (non-hydrogen) atoms. The van der Waals surface area contributed by atoms with Crippen LogP contribution in [0.25, 0.3) is 0 Å². The van der Waals surface area contributed by atoms with Gasteiger partial charge in [-0.1, -0.05) is 17.7 Å². The van der Waals surface area contributed by atoms with Crippen molar-refractivity contribution < 1.29 is 9.90 Å². The lowest BCUT2D eigenvalue weighted by Gasteiger charge is -2.16. The number of amides is 1. The van der Waals surface area contributed by atoms with Gasteiger partial charge in [-0.3, -0.25) is 4.79 Å². The predicted octanol–water partition coefficient (Wildman–Crippen LogP) is 2.54. The summed E-state index contributed by atoms with van der Waals surface area (Å²) in [5, 5.41) is 12.7. The van der Waals surface area contributed by atoms with Crippen LogP contribution in [-0.4, -0.2) is 23.2 Å². The predicted molar refractivity (Wildman–Crippen MR) is 69.4 cm³/mol. The molecule has 3 nitrogen and oxygen atoms in total. The van der Waals surface area contributed by atoms with Gasteiger partial charge in [0.05, 0.1) is 6.10 Å². The van der Waals surface area contributed by atoms with Crippen molar-refractivity contribution in [2.45, 2.75) is 39.3 Å².